The van der Waals surface area contributed by atoms with E-state index >= 15 is 0 Å². The lowest BCUT2D eigenvalue weighted by molar-refractivity contribution is -0.120. The predicted octanol–water partition coefficient (Wildman–Crippen LogP) is 0.973. The van der Waals surface area contributed by atoms with E-state index in [0.29, 0.717) is 5.92 Å². The van der Waals surface area contributed by atoms with Crippen molar-refractivity contribution in [3.63, 3.8) is 0 Å². The van der Waals surface area contributed by atoms with Gasteiger partial charge in [-0.15, -0.1) is 0 Å². The Labute approximate surface area is 101 Å². The van der Waals surface area contributed by atoms with E-state index in [4.69, 9.17) is 5.11 Å². The lowest BCUT2D eigenvalue weighted by Gasteiger charge is -2.14. The van der Waals surface area contributed by atoms with Gasteiger partial charge in [-0.2, -0.15) is 0 Å². The first-order valence-electron chi connectivity index (χ1n) is 5.92. The van der Waals surface area contributed by atoms with E-state index in [1.54, 1.807) is 0 Å². The van der Waals surface area contributed by atoms with Crippen LogP contribution in [-0.4, -0.2) is 24.1 Å². The summed E-state index contributed by atoms with van der Waals surface area (Å²) in [7, 11) is 0. The SMILES string of the molecule is CC1CNCC1C(=O)Nc1ccc(CO)cc1. The summed E-state index contributed by atoms with van der Waals surface area (Å²) < 4.78 is 0. The summed E-state index contributed by atoms with van der Waals surface area (Å²) >= 11 is 0. The van der Waals surface area contributed by atoms with E-state index in [0.717, 1.165) is 24.3 Å². The summed E-state index contributed by atoms with van der Waals surface area (Å²) in [4.78, 5) is 12.0. The van der Waals surface area contributed by atoms with Gasteiger partial charge in [0.25, 0.3) is 0 Å². The van der Waals surface area contributed by atoms with E-state index < -0.39 is 0 Å². The molecule has 0 radical (unpaired) electrons. The first-order valence-corrected chi connectivity index (χ1v) is 5.92. The Morgan fingerprint density at radius 3 is 2.65 bits per heavy atom. The molecule has 1 aromatic rings. The molecule has 2 rings (SSSR count). The average molecular weight is 234 g/mol. The molecule has 1 aromatic carbocycles. The fourth-order valence-electron chi connectivity index (χ4n) is 2.09. The Morgan fingerprint density at radius 2 is 2.12 bits per heavy atom. The van der Waals surface area contributed by atoms with Gasteiger partial charge in [-0.3, -0.25) is 4.79 Å². The van der Waals surface area contributed by atoms with Gasteiger partial charge in [0.15, 0.2) is 0 Å². The number of hydrogen-bond donors (Lipinski definition) is 3. The number of anilines is 1. The van der Waals surface area contributed by atoms with Crippen LogP contribution in [0.15, 0.2) is 24.3 Å². The Morgan fingerprint density at radius 1 is 1.41 bits per heavy atom. The van der Waals surface area contributed by atoms with Crippen LogP contribution in [0.2, 0.25) is 0 Å². The van der Waals surface area contributed by atoms with Crippen LogP contribution in [0, 0.1) is 11.8 Å². The van der Waals surface area contributed by atoms with Crippen LogP contribution in [0.3, 0.4) is 0 Å². The highest BCUT2D eigenvalue weighted by molar-refractivity contribution is 5.93. The van der Waals surface area contributed by atoms with Gasteiger partial charge in [0.05, 0.1) is 12.5 Å². The summed E-state index contributed by atoms with van der Waals surface area (Å²) in [6.45, 7) is 3.76. The molecule has 4 nitrogen and oxygen atoms in total. The third-order valence-electron chi connectivity index (χ3n) is 3.26. The second-order valence-electron chi connectivity index (χ2n) is 4.59. The minimum absolute atomic E-state index is 0.0256. The van der Waals surface area contributed by atoms with Gasteiger partial charge in [0, 0.05) is 12.2 Å². The minimum atomic E-state index is 0.0256. The van der Waals surface area contributed by atoms with E-state index in [2.05, 4.69) is 17.6 Å². The molecule has 1 amide bonds. The van der Waals surface area contributed by atoms with Crippen molar-refractivity contribution in [2.75, 3.05) is 18.4 Å². The molecule has 0 bridgehead atoms. The Kier molecular flexibility index (Phi) is 3.76. The lowest BCUT2D eigenvalue weighted by atomic mass is 9.97. The molecule has 17 heavy (non-hydrogen) atoms. The maximum atomic E-state index is 12.0. The topological polar surface area (TPSA) is 61.4 Å². The first-order chi connectivity index (χ1) is 8.20. The maximum absolute atomic E-state index is 12.0. The fraction of sp³-hybridized carbons (Fsp3) is 0.462. The molecule has 1 fully saturated rings. The van der Waals surface area contributed by atoms with Crippen LogP contribution in [0.1, 0.15) is 12.5 Å². The van der Waals surface area contributed by atoms with Gasteiger partial charge >= 0.3 is 0 Å². The third-order valence-corrected chi connectivity index (χ3v) is 3.26. The number of carbonyl (C=O) groups excluding carboxylic acids is 1. The monoisotopic (exact) mass is 234 g/mol. The molecule has 4 heteroatoms. The summed E-state index contributed by atoms with van der Waals surface area (Å²) in [6, 6.07) is 7.25. The minimum Gasteiger partial charge on any atom is -0.392 e. The Balaban J connectivity index is 1.97. The quantitative estimate of drug-likeness (QED) is 0.730. The molecule has 0 aliphatic carbocycles. The largest absolute Gasteiger partial charge is 0.392 e. The van der Waals surface area contributed by atoms with Crippen molar-refractivity contribution in [3.8, 4) is 0 Å². The number of nitrogens with one attached hydrogen (secondary N) is 2. The molecule has 2 atom stereocenters. The Bertz CT molecular complexity index is 389. The second kappa shape index (κ2) is 5.29. The van der Waals surface area contributed by atoms with Crippen molar-refractivity contribution in [3.05, 3.63) is 29.8 Å². The van der Waals surface area contributed by atoms with Gasteiger partial charge in [-0.25, -0.2) is 0 Å². The van der Waals surface area contributed by atoms with Gasteiger partial charge in [0.2, 0.25) is 5.91 Å². The van der Waals surface area contributed by atoms with Crippen LogP contribution in [-0.2, 0) is 11.4 Å². The van der Waals surface area contributed by atoms with Crippen LogP contribution in [0.4, 0.5) is 5.69 Å². The number of aliphatic hydroxyl groups excluding tert-OH is 1. The van der Waals surface area contributed by atoms with Crippen molar-refractivity contribution in [1.29, 1.82) is 0 Å². The molecular formula is C13H18N2O2. The van der Waals surface area contributed by atoms with Gasteiger partial charge in [0.1, 0.15) is 0 Å². The molecule has 0 spiro atoms. The van der Waals surface area contributed by atoms with Crippen molar-refractivity contribution in [2.45, 2.75) is 13.5 Å². The van der Waals surface area contributed by atoms with Gasteiger partial charge in [-0.05, 0) is 30.2 Å². The molecule has 0 aromatic heterocycles. The van der Waals surface area contributed by atoms with Crippen molar-refractivity contribution in [1.82, 2.24) is 5.32 Å². The predicted molar refractivity (Wildman–Crippen MR) is 66.5 cm³/mol. The Hall–Kier alpha value is -1.39. The molecule has 3 N–H and O–H groups in total. The van der Waals surface area contributed by atoms with Crippen molar-refractivity contribution < 1.29 is 9.90 Å². The molecule has 1 aliphatic heterocycles. The third kappa shape index (κ3) is 2.84. The van der Waals surface area contributed by atoms with E-state index in [1.165, 1.54) is 0 Å². The van der Waals surface area contributed by atoms with Crippen molar-refractivity contribution >= 4 is 11.6 Å². The molecule has 0 saturated carbocycles. The molecule has 1 saturated heterocycles. The highest BCUT2D eigenvalue weighted by Gasteiger charge is 2.29. The van der Waals surface area contributed by atoms with Crippen LogP contribution in [0.25, 0.3) is 0 Å². The summed E-state index contributed by atoms with van der Waals surface area (Å²) in [5.41, 5.74) is 1.63. The highest BCUT2D eigenvalue weighted by Crippen LogP contribution is 2.18. The van der Waals surface area contributed by atoms with Gasteiger partial charge in [-0.1, -0.05) is 19.1 Å². The number of rotatable bonds is 3. The summed E-state index contributed by atoms with van der Waals surface area (Å²) in [5, 5.41) is 15.0. The zero-order valence-electron chi connectivity index (χ0n) is 9.94. The van der Waals surface area contributed by atoms with Gasteiger partial charge < -0.3 is 15.7 Å². The van der Waals surface area contributed by atoms with E-state index in [9.17, 15) is 4.79 Å². The maximum Gasteiger partial charge on any atom is 0.229 e. The highest BCUT2D eigenvalue weighted by atomic mass is 16.3. The summed E-state index contributed by atoms with van der Waals surface area (Å²) in [5.74, 6) is 0.499. The molecule has 1 aliphatic rings. The molecular weight excluding hydrogens is 216 g/mol. The zero-order chi connectivity index (χ0) is 12.3. The number of aliphatic hydroxyl groups is 1. The average Bonchev–Trinajstić information content (AvgIpc) is 2.76. The normalized spacial score (nSPS) is 23.6. The number of amides is 1. The number of carbonyl (C=O) groups is 1. The second-order valence-corrected chi connectivity index (χ2v) is 4.59. The van der Waals surface area contributed by atoms with E-state index in [1.807, 2.05) is 24.3 Å². The standard InChI is InChI=1S/C13H18N2O2/c1-9-6-14-7-12(9)13(17)15-11-4-2-10(8-16)3-5-11/h2-5,9,12,14,16H,6-8H2,1H3,(H,15,17). The fourth-order valence-corrected chi connectivity index (χ4v) is 2.09. The van der Waals surface area contributed by atoms with Crippen molar-refractivity contribution in [2.24, 2.45) is 11.8 Å². The number of hydrogen-bond acceptors (Lipinski definition) is 3. The first kappa shape index (κ1) is 12.1. The lowest BCUT2D eigenvalue weighted by Crippen LogP contribution is -2.27. The smallest absolute Gasteiger partial charge is 0.229 e. The number of benzene rings is 1. The van der Waals surface area contributed by atoms with Crippen LogP contribution in [0.5, 0.6) is 0 Å². The molecule has 92 valence electrons. The van der Waals surface area contributed by atoms with E-state index in [-0.39, 0.29) is 18.4 Å². The van der Waals surface area contributed by atoms with Crippen LogP contribution >= 0.6 is 0 Å². The zero-order valence-corrected chi connectivity index (χ0v) is 9.94. The molecule has 1 heterocycles. The summed E-state index contributed by atoms with van der Waals surface area (Å²) in [6.07, 6.45) is 0. The van der Waals surface area contributed by atoms with Crippen LogP contribution < -0.4 is 10.6 Å². The molecule has 2 unspecified atom stereocenters.